The van der Waals surface area contributed by atoms with Crippen molar-refractivity contribution in [2.45, 2.75) is 39.2 Å². The van der Waals surface area contributed by atoms with E-state index in [2.05, 4.69) is 22.3 Å². The van der Waals surface area contributed by atoms with Crippen LogP contribution in [0.4, 0.5) is 10.5 Å². The molecule has 0 bridgehead atoms. The number of benzene rings is 1. The average molecular weight is 345 g/mol. The summed E-state index contributed by atoms with van der Waals surface area (Å²) < 4.78 is 5.03. The minimum atomic E-state index is -0.266. The number of piperazine rings is 1. The lowest BCUT2D eigenvalue weighted by molar-refractivity contribution is -0.121. The fraction of sp³-hybridized carbons (Fsp3) is 0.579. The number of fused-ring (bicyclic) bond motifs is 1. The van der Waals surface area contributed by atoms with Gasteiger partial charge in [-0.3, -0.25) is 9.69 Å². The van der Waals surface area contributed by atoms with Gasteiger partial charge in [-0.2, -0.15) is 0 Å². The second kappa shape index (κ2) is 7.87. The topological polar surface area (TPSA) is 61.9 Å². The molecule has 1 heterocycles. The van der Waals surface area contributed by atoms with E-state index in [0.29, 0.717) is 32.8 Å². The number of ether oxygens (including phenoxy) is 1. The Bertz CT molecular complexity index is 639. The highest BCUT2D eigenvalue weighted by molar-refractivity contribution is 5.94. The molecule has 25 heavy (non-hydrogen) atoms. The molecule has 2 aliphatic rings. The zero-order valence-corrected chi connectivity index (χ0v) is 15.1. The van der Waals surface area contributed by atoms with Crippen molar-refractivity contribution in [2.75, 3.05) is 38.1 Å². The lowest BCUT2D eigenvalue weighted by Crippen LogP contribution is -2.54. The van der Waals surface area contributed by atoms with Crippen molar-refractivity contribution in [1.29, 1.82) is 0 Å². The van der Waals surface area contributed by atoms with Crippen LogP contribution in [0.2, 0.25) is 0 Å². The van der Waals surface area contributed by atoms with Gasteiger partial charge in [0.25, 0.3) is 0 Å². The molecule has 0 aromatic heterocycles. The van der Waals surface area contributed by atoms with Crippen LogP contribution in [0.15, 0.2) is 18.2 Å². The van der Waals surface area contributed by atoms with E-state index >= 15 is 0 Å². The van der Waals surface area contributed by atoms with Crippen molar-refractivity contribution in [3.8, 4) is 0 Å². The molecule has 1 saturated heterocycles. The predicted octanol–water partition coefficient (Wildman–Crippen LogP) is 2.28. The van der Waals surface area contributed by atoms with Gasteiger partial charge >= 0.3 is 6.09 Å². The molecule has 1 aromatic rings. The van der Waals surface area contributed by atoms with E-state index in [1.54, 1.807) is 11.8 Å². The van der Waals surface area contributed by atoms with Crippen molar-refractivity contribution in [1.82, 2.24) is 9.80 Å². The highest BCUT2D eigenvalue weighted by Crippen LogP contribution is 2.25. The molecule has 1 aliphatic carbocycles. The van der Waals surface area contributed by atoms with Crippen LogP contribution in [-0.4, -0.2) is 60.6 Å². The van der Waals surface area contributed by atoms with Gasteiger partial charge in [-0.05, 0) is 56.4 Å². The number of nitrogens with zero attached hydrogens (tertiary/aromatic N) is 2. The second-order valence-electron chi connectivity index (χ2n) is 6.72. The fourth-order valence-electron chi connectivity index (χ4n) is 3.57. The summed E-state index contributed by atoms with van der Waals surface area (Å²) in [7, 11) is 0. The van der Waals surface area contributed by atoms with Gasteiger partial charge in [0.15, 0.2) is 0 Å². The lowest BCUT2D eigenvalue weighted by Gasteiger charge is -2.36. The van der Waals surface area contributed by atoms with Crippen LogP contribution < -0.4 is 5.32 Å². The minimum absolute atomic E-state index is 0.00234. The molecule has 6 heteroatoms. The van der Waals surface area contributed by atoms with E-state index in [-0.39, 0.29) is 18.0 Å². The average Bonchev–Trinajstić information content (AvgIpc) is 3.09. The van der Waals surface area contributed by atoms with E-state index in [4.69, 9.17) is 4.74 Å². The number of amides is 2. The van der Waals surface area contributed by atoms with Crippen LogP contribution in [0.25, 0.3) is 0 Å². The largest absolute Gasteiger partial charge is 0.450 e. The third-order valence-corrected chi connectivity index (χ3v) is 5.13. The normalized spacial score (nSPS) is 18.6. The van der Waals surface area contributed by atoms with Crippen molar-refractivity contribution >= 4 is 17.7 Å². The number of aryl methyl sites for hydroxylation is 2. The third kappa shape index (κ3) is 4.12. The number of carbonyl (C=O) groups is 2. The van der Waals surface area contributed by atoms with Gasteiger partial charge in [0.1, 0.15) is 0 Å². The maximum Gasteiger partial charge on any atom is 0.409 e. The molecule has 0 unspecified atom stereocenters. The van der Waals surface area contributed by atoms with Crippen LogP contribution >= 0.6 is 0 Å². The van der Waals surface area contributed by atoms with Crippen LogP contribution in [-0.2, 0) is 22.4 Å². The highest BCUT2D eigenvalue weighted by Gasteiger charge is 2.28. The van der Waals surface area contributed by atoms with Gasteiger partial charge in [-0.15, -0.1) is 0 Å². The monoisotopic (exact) mass is 345 g/mol. The first-order chi connectivity index (χ1) is 12.1. The molecule has 0 spiro atoms. The van der Waals surface area contributed by atoms with Crippen molar-refractivity contribution in [3.05, 3.63) is 29.3 Å². The van der Waals surface area contributed by atoms with Gasteiger partial charge in [0.05, 0.1) is 12.6 Å². The number of hydrogen-bond donors (Lipinski definition) is 1. The first kappa shape index (κ1) is 17.7. The first-order valence-electron chi connectivity index (χ1n) is 9.17. The third-order valence-electron chi connectivity index (χ3n) is 5.13. The Morgan fingerprint density at radius 3 is 2.60 bits per heavy atom. The molecule has 1 aromatic carbocycles. The lowest BCUT2D eigenvalue weighted by atomic mass is 10.1. The van der Waals surface area contributed by atoms with Gasteiger partial charge in [0.2, 0.25) is 5.91 Å². The fourth-order valence-corrected chi connectivity index (χ4v) is 3.57. The van der Waals surface area contributed by atoms with Crippen molar-refractivity contribution < 1.29 is 14.3 Å². The molecule has 2 amide bonds. The van der Waals surface area contributed by atoms with E-state index in [9.17, 15) is 9.59 Å². The highest BCUT2D eigenvalue weighted by atomic mass is 16.6. The molecule has 136 valence electrons. The summed E-state index contributed by atoms with van der Waals surface area (Å²) in [6.07, 6.45) is 3.18. The summed E-state index contributed by atoms with van der Waals surface area (Å²) in [5, 5.41) is 3.04. The van der Waals surface area contributed by atoms with E-state index in [0.717, 1.165) is 18.5 Å². The number of hydrogen-bond acceptors (Lipinski definition) is 4. The molecule has 6 nitrogen and oxygen atoms in total. The number of rotatable bonds is 4. The Morgan fingerprint density at radius 1 is 1.16 bits per heavy atom. The number of nitrogens with one attached hydrogen (secondary N) is 1. The summed E-state index contributed by atoms with van der Waals surface area (Å²) in [4.78, 5) is 28.1. The van der Waals surface area contributed by atoms with Gasteiger partial charge in [-0.1, -0.05) is 6.07 Å². The summed E-state index contributed by atoms with van der Waals surface area (Å²) in [6, 6.07) is 6.00. The molecule has 1 N–H and O–H groups in total. The Morgan fingerprint density at radius 2 is 1.88 bits per heavy atom. The van der Waals surface area contributed by atoms with Crippen LogP contribution in [0, 0.1) is 0 Å². The predicted molar refractivity (Wildman–Crippen MR) is 96.7 cm³/mol. The smallest absolute Gasteiger partial charge is 0.409 e. The summed E-state index contributed by atoms with van der Waals surface area (Å²) in [5.74, 6) is 0.00234. The Labute approximate surface area is 149 Å². The van der Waals surface area contributed by atoms with Gasteiger partial charge in [-0.25, -0.2) is 4.79 Å². The van der Waals surface area contributed by atoms with E-state index < -0.39 is 0 Å². The standard InChI is InChI=1S/C19H27N3O3/c1-3-25-19(24)22-11-9-21(10-12-22)14(2)18(23)20-17-8-7-15-5-4-6-16(15)13-17/h7-8,13-14H,3-6,9-12H2,1-2H3,(H,20,23)/t14-/m0/s1. The second-order valence-corrected chi connectivity index (χ2v) is 6.72. The molecule has 1 fully saturated rings. The van der Waals surface area contributed by atoms with Gasteiger partial charge in [0, 0.05) is 31.9 Å². The van der Waals surface area contributed by atoms with Crippen LogP contribution in [0.3, 0.4) is 0 Å². The number of carbonyl (C=O) groups excluding carboxylic acids is 2. The Hall–Kier alpha value is -2.08. The number of anilines is 1. The quantitative estimate of drug-likeness (QED) is 0.909. The van der Waals surface area contributed by atoms with E-state index in [1.807, 2.05) is 13.0 Å². The van der Waals surface area contributed by atoms with Crippen LogP contribution in [0.1, 0.15) is 31.4 Å². The molecular weight excluding hydrogens is 318 g/mol. The summed E-state index contributed by atoms with van der Waals surface area (Å²) in [6.45, 7) is 6.65. The zero-order valence-electron chi connectivity index (χ0n) is 15.1. The zero-order chi connectivity index (χ0) is 17.8. The molecule has 1 atom stereocenters. The molecular formula is C19H27N3O3. The maximum atomic E-state index is 12.6. The molecule has 3 rings (SSSR count). The molecule has 1 aliphatic heterocycles. The Balaban J connectivity index is 1.52. The minimum Gasteiger partial charge on any atom is -0.450 e. The van der Waals surface area contributed by atoms with Crippen LogP contribution in [0.5, 0.6) is 0 Å². The first-order valence-corrected chi connectivity index (χ1v) is 9.17. The molecule has 0 saturated carbocycles. The summed E-state index contributed by atoms with van der Waals surface area (Å²) >= 11 is 0. The maximum absolute atomic E-state index is 12.6. The van der Waals surface area contributed by atoms with Gasteiger partial charge < -0.3 is 15.0 Å². The Kier molecular flexibility index (Phi) is 5.58. The van der Waals surface area contributed by atoms with Crippen molar-refractivity contribution in [3.63, 3.8) is 0 Å². The summed E-state index contributed by atoms with van der Waals surface area (Å²) in [5.41, 5.74) is 3.64. The van der Waals surface area contributed by atoms with E-state index in [1.165, 1.54) is 17.5 Å². The SMILES string of the molecule is CCOC(=O)N1CCN([C@@H](C)C(=O)Nc2ccc3c(c2)CCC3)CC1. The molecule has 0 radical (unpaired) electrons. The van der Waals surface area contributed by atoms with Crippen molar-refractivity contribution in [2.24, 2.45) is 0 Å².